The van der Waals surface area contributed by atoms with Gasteiger partial charge in [0.15, 0.2) is 18.4 Å². The maximum Gasteiger partial charge on any atom is 0.328 e. The van der Waals surface area contributed by atoms with Crippen molar-refractivity contribution in [1.82, 2.24) is 10.6 Å². The first-order chi connectivity index (χ1) is 21.9. The van der Waals surface area contributed by atoms with Crippen molar-refractivity contribution < 1.29 is 53.9 Å². The fourth-order valence-corrected chi connectivity index (χ4v) is 9.12. The summed E-state index contributed by atoms with van der Waals surface area (Å²) >= 11 is 0. The predicted molar refractivity (Wildman–Crippen MR) is 166 cm³/mol. The minimum atomic E-state index is -1.81. The third kappa shape index (κ3) is 6.89. The van der Waals surface area contributed by atoms with Crippen molar-refractivity contribution >= 4 is 35.3 Å². The number of carbonyl (C=O) groups is 6. The number of carboxylic acids is 1. The number of allylic oxidation sites excluding steroid dienone is 1. The summed E-state index contributed by atoms with van der Waals surface area (Å²) < 4.78 is 5.19. The van der Waals surface area contributed by atoms with Crippen LogP contribution in [0.25, 0.3) is 0 Å². The molecule has 0 aromatic carbocycles. The van der Waals surface area contributed by atoms with Crippen LogP contribution in [0.4, 0.5) is 0 Å². The quantitative estimate of drug-likeness (QED) is 0.163. The third-order valence-corrected chi connectivity index (χ3v) is 11.7. The summed E-state index contributed by atoms with van der Waals surface area (Å²) in [5.74, 6) is -4.79. The van der Waals surface area contributed by atoms with Crippen LogP contribution >= 0.6 is 0 Å². The number of aliphatic hydroxyl groups is 3. The number of Topliss-reactive ketones (excluding diaryl/α,β-unsaturated/α-hetero) is 1. The van der Waals surface area contributed by atoms with Crippen molar-refractivity contribution in [2.75, 3.05) is 6.61 Å². The maximum atomic E-state index is 13.5. The molecule has 4 aliphatic rings. The summed E-state index contributed by atoms with van der Waals surface area (Å²) in [6.07, 6.45) is 2.42. The predicted octanol–water partition coefficient (Wildman–Crippen LogP) is 1.20. The smallest absolute Gasteiger partial charge is 0.328 e. The second-order valence-corrected chi connectivity index (χ2v) is 14.9. The minimum absolute atomic E-state index is 0.0299. The number of carboxylic acid groups (broad SMARTS) is 1. The molecule has 0 heterocycles. The molecule has 6 N–H and O–H groups in total. The Labute approximate surface area is 274 Å². The second-order valence-electron chi connectivity index (χ2n) is 14.9. The molecule has 0 aromatic heterocycles. The molecule has 0 aromatic rings. The fourth-order valence-electron chi connectivity index (χ4n) is 9.12. The lowest BCUT2D eigenvalue weighted by Crippen LogP contribution is -2.62. The third-order valence-electron chi connectivity index (χ3n) is 11.7. The molecule has 13 heteroatoms. The van der Waals surface area contributed by atoms with Gasteiger partial charge < -0.3 is 35.8 Å². The first kappa shape index (κ1) is 36.7. The molecule has 10 atom stereocenters. The van der Waals surface area contributed by atoms with E-state index in [0.29, 0.717) is 19.3 Å². The van der Waals surface area contributed by atoms with E-state index in [4.69, 9.17) is 4.74 Å². The van der Waals surface area contributed by atoms with E-state index in [0.717, 1.165) is 18.4 Å². The van der Waals surface area contributed by atoms with Crippen LogP contribution in [-0.2, 0) is 33.5 Å². The van der Waals surface area contributed by atoms with Gasteiger partial charge in [0.05, 0.1) is 18.6 Å². The number of ether oxygens (including phenoxy) is 1. The van der Waals surface area contributed by atoms with Crippen LogP contribution in [0.3, 0.4) is 0 Å². The highest BCUT2D eigenvalue weighted by atomic mass is 16.5. The Hall–Kier alpha value is -3.16. The summed E-state index contributed by atoms with van der Waals surface area (Å²) in [6.45, 7) is 7.75. The standard InChI is InChI=1S/C34H50N2O11/c1-17(2)28(30(43)36-29(18(3)37)31(44)45)35-25(41)8-9-26(42)47-16-24(40)34(46)13-11-22-21-7-6-19-14-20(38)10-12-32(19,4)27(21)23(39)15-33(22,34)5/h14,17-18,21-23,27-29,37,39,46H,6-13,15-16H2,1-5H3,(H,35,41)(H,36,43)(H,44,45)/t18-,21-,22+,23+,27+,28+,29-,32+,33+,34+/m1/s1. The zero-order valence-electron chi connectivity index (χ0n) is 27.9. The number of amides is 2. The van der Waals surface area contributed by atoms with E-state index < -0.39 is 83.8 Å². The average Bonchev–Trinajstić information content (AvgIpc) is 3.26. The van der Waals surface area contributed by atoms with Gasteiger partial charge in [-0.3, -0.25) is 24.0 Å². The van der Waals surface area contributed by atoms with Crippen molar-refractivity contribution in [1.29, 1.82) is 0 Å². The number of hydrogen-bond acceptors (Lipinski definition) is 10. The highest BCUT2D eigenvalue weighted by molar-refractivity contribution is 5.93. The van der Waals surface area contributed by atoms with E-state index in [2.05, 4.69) is 17.6 Å². The van der Waals surface area contributed by atoms with Crippen LogP contribution in [0.1, 0.15) is 92.4 Å². The second kappa shape index (κ2) is 13.8. The van der Waals surface area contributed by atoms with Crippen LogP contribution < -0.4 is 10.6 Å². The molecule has 262 valence electrons. The SMILES string of the molecule is CC(C)[C@H](NC(=O)CCC(=O)OCC(=O)[C@@]1(O)CC[C@H]2[C@H]3CCC4=CC(=O)CC[C@]4(C)[C@@H]3[C@@H](O)C[C@@]21C)C(=O)N[C@@H](C(=O)O)[C@@H](C)O. The van der Waals surface area contributed by atoms with E-state index in [1.807, 2.05) is 6.92 Å². The largest absolute Gasteiger partial charge is 0.480 e. The molecule has 2 amide bonds. The summed E-state index contributed by atoms with van der Waals surface area (Å²) in [4.78, 5) is 74.7. The van der Waals surface area contributed by atoms with Gasteiger partial charge in [0.1, 0.15) is 11.6 Å². The Morgan fingerprint density at radius 1 is 1.00 bits per heavy atom. The highest BCUT2D eigenvalue weighted by Crippen LogP contribution is 2.67. The molecule has 3 saturated carbocycles. The van der Waals surface area contributed by atoms with Crippen LogP contribution in [0.2, 0.25) is 0 Å². The van der Waals surface area contributed by atoms with E-state index in [1.54, 1.807) is 19.9 Å². The number of esters is 1. The van der Waals surface area contributed by atoms with Gasteiger partial charge in [-0.25, -0.2) is 4.79 Å². The van der Waals surface area contributed by atoms with Crippen LogP contribution in [0.5, 0.6) is 0 Å². The molecule has 0 radical (unpaired) electrons. The van der Waals surface area contributed by atoms with Crippen LogP contribution in [0, 0.1) is 34.5 Å². The lowest BCUT2D eigenvalue weighted by molar-refractivity contribution is -0.184. The lowest BCUT2D eigenvalue weighted by Gasteiger charge is -2.60. The Morgan fingerprint density at radius 2 is 1.68 bits per heavy atom. The Morgan fingerprint density at radius 3 is 2.30 bits per heavy atom. The van der Waals surface area contributed by atoms with Gasteiger partial charge in [-0.1, -0.05) is 33.3 Å². The lowest BCUT2D eigenvalue weighted by atomic mass is 9.45. The fraction of sp³-hybridized carbons (Fsp3) is 0.765. The molecule has 3 fully saturated rings. The number of fused-ring (bicyclic) bond motifs is 5. The number of aliphatic carboxylic acids is 1. The number of carbonyl (C=O) groups excluding carboxylic acids is 5. The minimum Gasteiger partial charge on any atom is -0.480 e. The molecule has 47 heavy (non-hydrogen) atoms. The Kier molecular flexibility index (Phi) is 10.7. The molecular formula is C34H50N2O11. The molecule has 4 rings (SSSR count). The van der Waals surface area contributed by atoms with E-state index >= 15 is 0 Å². The normalized spacial score (nSPS) is 34.9. The molecule has 13 nitrogen and oxygen atoms in total. The molecule has 0 aliphatic heterocycles. The van der Waals surface area contributed by atoms with Crippen molar-refractivity contribution in [2.45, 2.75) is 122 Å². The number of rotatable bonds is 12. The van der Waals surface area contributed by atoms with Gasteiger partial charge >= 0.3 is 11.9 Å². The Balaban J connectivity index is 1.32. The molecule has 0 unspecified atom stereocenters. The zero-order valence-corrected chi connectivity index (χ0v) is 27.9. The van der Waals surface area contributed by atoms with Crippen LogP contribution in [0.15, 0.2) is 11.6 Å². The zero-order chi connectivity index (χ0) is 35.1. The topological polar surface area (TPSA) is 217 Å². The van der Waals surface area contributed by atoms with Gasteiger partial charge in [0.2, 0.25) is 17.6 Å². The molecule has 0 saturated heterocycles. The first-order valence-electron chi connectivity index (χ1n) is 16.7. The Bertz CT molecular complexity index is 1330. The maximum absolute atomic E-state index is 13.5. The van der Waals surface area contributed by atoms with Crippen LogP contribution in [-0.4, -0.2) is 92.2 Å². The van der Waals surface area contributed by atoms with Crippen molar-refractivity contribution in [3.8, 4) is 0 Å². The highest BCUT2D eigenvalue weighted by Gasteiger charge is 2.68. The van der Waals surface area contributed by atoms with Gasteiger partial charge in [-0.2, -0.15) is 0 Å². The van der Waals surface area contributed by atoms with Gasteiger partial charge in [-0.15, -0.1) is 0 Å². The van der Waals surface area contributed by atoms with Gasteiger partial charge in [0, 0.05) is 18.3 Å². The first-order valence-corrected chi connectivity index (χ1v) is 16.7. The van der Waals surface area contributed by atoms with Gasteiger partial charge in [0.25, 0.3) is 0 Å². The number of aliphatic hydroxyl groups excluding tert-OH is 2. The molecule has 0 spiro atoms. The van der Waals surface area contributed by atoms with E-state index in [1.165, 1.54) is 6.92 Å². The number of nitrogens with one attached hydrogen (secondary N) is 2. The molecule has 4 aliphatic carbocycles. The van der Waals surface area contributed by atoms with Gasteiger partial charge in [-0.05, 0) is 80.6 Å². The van der Waals surface area contributed by atoms with Crippen molar-refractivity contribution in [3.05, 3.63) is 11.6 Å². The van der Waals surface area contributed by atoms with Crippen molar-refractivity contribution in [2.24, 2.45) is 34.5 Å². The van der Waals surface area contributed by atoms with E-state index in [9.17, 15) is 49.2 Å². The molecular weight excluding hydrogens is 612 g/mol. The number of hydrogen-bond donors (Lipinski definition) is 6. The van der Waals surface area contributed by atoms with E-state index in [-0.39, 0.29) is 48.2 Å². The summed E-state index contributed by atoms with van der Waals surface area (Å²) in [6, 6.07) is -2.70. The summed E-state index contributed by atoms with van der Waals surface area (Å²) in [7, 11) is 0. The monoisotopic (exact) mass is 662 g/mol. The average molecular weight is 663 g/mol. The number of ketones is 2. The van der Waals surface area contributed by atoms with Crippen molar-refractivity contribution in [3.63, 3.8) is 0 Å². The summed E-state index contributed by atoms with van der Waals surface area (Å²) in [5, 5.41) is 46.9. The summed E-state index contributed by atoms with van der Waals surface area (Å²) in [5.41, 5.74) is -1.95. The molecule has 0 bridgehead atoms.